The number of rotatable bonds is 4. The molecule has 0 bridgehead atoms. The van der Waals surface area contributed by atoms with Gasteiger partial charge in [-0.2, -0.15) is 0 Å². The summed E-state index contributed by atoms with van der Waals surface area (Å²) in [4.78, 5) is 16.1. The monoisotopic (exact) mass is 416 g/mol. The standard InChI is InChI=1S/C12H9BrN4O4S2/c1-7-9(13)11(21-15-7)16-23(19,20)8-2-5-22-10(8)12(18)17-4-3-14-6-17/h2-6,16H,1H3. The van der Waals surface area contributed by atoms with E-state index in [9.17, 15) is 13.2 Å². The lowest BCUT2D eigenvalue weighted by atomic mass is 10.4. The summed E-state index contributed by atoms with van der Waals surface area (Å²) in [7, 11) is -4.00. The van der Waals surface area contributed by atoms with Gasteiger partial charge < -0.3 is 4.52 Å². The highest BCUT2D eigenvalue weighted by Crippen LogP contribution is 2.30. The maximum absolute atomic E-state index is 12.5. The van der Waals surface area contributed by atoms with E-state index in [4.69, 9.17) is 4.52 Å². The molecule has 3 heterocycles. The van der Waals surface area contributed by atoms with Crippen LogP contribution >= 0.6 is 27.3 Å². The molecule has 0 spiro atoms. The number of carbonyl (C=O) groups excluding carboxylic acids is 1. The molecule has 23 heavy (non-hydrogen) atoms. The lowest BCUT2D eigenvalue weighted by molar-refractivity contribution is 0.0961. The van der Waals surface area contributed by atoms with Crippen molar-refractivity contribution in [1.29, 1.82) is 0 Å². The smallest absolute Gasteiger partial charge is 0.274 e. The highest BCUT2D eigenvalue weighted by molar-refractivity contribution is 9.10. The molecule has 0 saturated heterocycles. The summed E-state index contributed by atoms with van der Waals surface area (Å²) in [6.45, 7) is 1.66. The van der Waals surface area contributed by atoms with Gasteiger partial charge in [-0.3, -0.25) is 9.36 Å². The number of hydrogen-bond acceptors (Lipinski definition) is 7. The van der Waals surface area contributed by atoms with E-state index in [1.165, 1.54) is 34.7 Å². The van der Waals surface area contributed by atoms with Crippen LogP contribution in [0.1, 0.15) is 15.4 Å². The average molecular weight is 417 g/mol. The first-order valence-corrected chi connectivity index (χ1v) is 9.30. The number of aromatic nitrogens is 3. The van der Waals surface area contributed by atoms with Gasteiger partial charge in [-0.25, -0.2) is 18.1 Å². The predicted octanol–water partition coefficient (Wildman–Crippen LogP) is 2.49. The summed E-state index contributed by atoms with van der Waals surface area (Å²) < 4.78 is 33.9. The van der Waals surface area contributed by atoms with E-state index in [0.717, 1.165) is 11.3 Å². The van der Waals surface area contributed by atoms with Crippen LogP contribution in [0.5, 0.6) is 0 Å². The van der Waals surface area contributed by atoms with E-state index >= 15 is 0 Å². The van der Waals surface area contributed by atoms with Gasteiger partial charge in [0.1, 0.15) is 20.6 Å². The number of hydrogen-bond donors (Lipinski definition) is 1. The first-order chi connectivity index (χ1) is 10.9. The van der Waals surface area contributed by atoms with Gasteiger partial charge in [-0.1, -0.05) is 5.16 Å². The molecule has 0 radical (unpaired) electrons. The number of carbonyl (C=O) groups is 1. The third-order valence-corrected chi connectivity index (χ3v) is 6.21. The fourth-order valence-corrected chi connectivity index (χ4v) is 4.50. The number of aryl methyl sites for hydroxylation is 1. The number of imidazole rings is 1. The van der Waals surface area contributed by atoms with Gasteiger partial charge in [0.25, 0.3) is 21.8 Å². The molecule has 0 atom stereocenters. The first kappa shape index (κ1) is 15.9. The quantitative estimate of drug-likeness (QED) is 0.699. The zero-order valence-electron chi connectivity index (χ0n) is 11.6. The van der Waals surface area contributed by atoms with E-state index in [1.54, 1.807) is 6.92 Å². The van der Waals surface area contributed by atoms with E-state index in [1.807, 2.05) is 0 Å². The summed E-state index contributed by atoms with van der Waals surface area (Å²) in [6.07, 6.45) is 4.19. The van der Waals surface area contributed by atoms with Crippen molar-refractivity contribution in [3.05, 3.63) is 45.2 Å². The van der Waals surface area contributed by atoms with Crippen molar-refractivity contribution in [3.63, 3.8) is 0 Å². The second-order valence-corrected chi connectivity index (χ2v) is 7.77. The van der Waals surface area contributed by atoms with Gasteiger partial charge in [0.2, 0.25) is 0 Å². The van der Waals surface area contributed by atoms with Crippen LogP contribution in [0, 0.1) is 6.92 Å². The fourth-order valence-electron chi connectivity index (χ4n) is 1.76. The summed E-state index contributed by atoms with van der Waals surface area (Å²) in [5.41, 5.74) is 0.503. The molecular formula is C12H9BrN4O4S2. The Morgan fingerprint density at radius 1 is 1.48 bits per heavy atom. The Hall–Kier alpha value is -1.98. The molecule has 120 valence electrons. The minimum atomic E-state index is -4.00. The Balaban J connectivity index is 1.97. The van der Waals surface area contributed by atoms with Gasteiger partial charge in [0.05, 0.1) is 5.69 Å². The van der Waals surface area contributed by atoms with Crippen LogP contribution in [0.3, 0.4) is 0 Å². The summed E-state index contributed by atoms with van der Waals surface area (Å²) in [6, 6.07) is 1.36. The van der Waals surface area contributed by atoms with Crippen LogP contribution in [0.2, 0.25) is 0 Å². The zero-order chi connectivity index (χ0) is 16.6. The lowest BCUT2D eigenvalue weighted by Crippen LogP contribution is -2.17. The Kier molecular flexibility index (Phi) is 4.08. The molecule has 0 amide bonds. The molecule has 1 N–H and O–H groups in total. The molecule has 3 rings (SSSR count). The number of halogens is 1. The van der Waals surface area contributed by atoms with E-state index in [-0.39, 0.29) is 15.7 Å². The molecule has 0 unspecified atom stereocenters. The van der Waals surface area contributed by atoms with Gasteiger partial charge in [0.15, 0.2) is 0 Å². The predicted molar refractivity (Wildman–Crippen MR) is 86.0 cm³/mol. The van der Waals surface area contributed by atoms with E-state index in [2.05, 4.69) is 30.8 Å². The fraction of sp³-hybridized carbons (Fsp3) is 0.0833. The van der Waals surface area contributed by atoms with Crippen molar-refractivity contribution in [2.24, 2.45) is 0 Å². The molecule has 0 aromatic carbocycles. The molecule has 0 fully saturated rings. The van der Waals surface area contributed by atoms with Gasteiger partial charge in [-0.15, -0.1) is 11.3 Å². The molecule has 0 saturated carbocycles. The second kappa shape index (κ2) is 5.91. The highest BCUT2D eigenvalue weighted by Gasteiger charge is 2.27. The van der Waals surface area contributed by atoms with Crippen molar-refractivity contribution in [3.8, 4) is 0 Å². The molecule has 3 aromatic heterocycles. The minimum Gasteiger partial charge on any atom is -0.336 e. The summed E-state index contributed by atoms with van der Waals surface area (Å²) in [5, 5.41) is 5.18. The van der Waals surface area contributed by atoms with Crippen molar-refractivity contribution in [1.82, 2.24) is 14.7 Å². The SMILES string of the molecule is Cc1noc(NS(=O)(=O)c2ccsc2C(=O)n2ccnc2)c1Br. The number of anilines is 1. The average Bonchev–Trinajstić information content (AvgIpc) is 3.24. The van der Waals surface area contributed by atoms with Crippen LogP contribution in [0.25, 0.3) is 0 Å². The Morgan fingerprint density at radius 3 is 2.87 bits per heavy atom. The minimum absolute atomic E-state index is 0.0465. The lowest BCUT2D eigenvalue weighted by Gasteiger charge is -2.06. The molecule has 11 heteroatoms. The van der Waals surface area contributed by atoms with Crippen molar-refractivity contribution < 1.29 is 17.7 Å². The van der Waals surface area contributed by atoms with Crippen molar-refractivity contribution in [2.45, 2.75) is 11.8 Å². The van der Waals surface area contributed by atoms with Gasteiger partial charge >= 0.3 is 0 Å². The van der Waals surface area contributed by atoms with Crippen LogP contribution in [-0.2, 0) is 10.0 Å². The third kappa shape index (κ3) is 2.94. The van der Waals surface area contributed by atoms with Crippen LogP contribution < -0.4 is 4.72 Å². The van der Waals surface area contributed by atoms with Crippen molar-refractivity contribution >= 4 is 49.1 Å². The highest BCUT2D eigenvalue weighted by atomic mass is 79.9. The maximum atomic E-state index is 12.5. The van der Waals surface area contributed by atoms with E-state index < -0.39 is 15.9 Å². The third-order valence-electron chi connectivity index (χ3n) is 2.87. The second-order valence-electron chi connectivity index (χ2n) is 4.41. The topological polar surface area (TPSA) is 107 Å². The zero-order valence-corrected chi connectivity index (χ0v) is 14.8. The van der Waals surface area contributed by atoms with Crippen LogP contribution in [0.15, 0.2) is 44.1 Å². The van der Waals surface area contributed by atoms with Crippen LogP contribution in [-0.4, -0.2) is 29.0 Å². The number of sulfonamides is 1. The summed E-state index contributed by atoms with van der Waals surface area (Å²) in [5.74, 6) is -0.527. The largest absolute Gasteiger partial charge is 0.336 e. The Morgan fingerprint density at radius 2 is 2.26 bits per heavy atom. The van der Waals surface area contributed by atoms with Gasteiger partial charge in [0, 0.05) is 12.4 Å². The Labute approximate surface area is 143 Å². The molecule has 0 aliphatic rings. The normalized spacial score (nSPS) is 11.6. The first-order valence-electron chi connectivity index (χ1n) is 6.15. The number of thiophene rings is 1. The maximum Gasteiger partial charge on any atom is 0.274 e. The summed E-state index contributed by atoms with van der Waals surface area (Å²) >= 11 is 4.21. The van der Waals surface area contributed by atoms with E-state index in [0.29, 0.717) is 10.2 Å². The van der Waals surface area contributed by atoms with Crippen LogP contribution in [0.4, 0.5) is 5.88 Å². The number of nitrogens with zero attached hydrogens (tertiary/aromatic N) is 3. The molecule has 0 aliphatic carbocycles. The molecule has 3 aromatic rings. The molecular weight excluding hydrogens is 408 g/mol. The molecule has 0 aliphatic heterocycles. The number of nitrogens with one attached hydrogen (secondary N) is 1. The Bertz CT molecular complexity index is 959. The molecule has 8 nitrogen and oxygen atoms in total. The van der Waals surface area contributed by atoms with Crippen molar-refractivity contribution in [2.75, 3.05) is 4.72 Å². The van der Waals surface area contributed by atoms with Gasteiger partial charge in [-0.05, 0) is 34.3 Å².